The Bertz CT molecular complexity index is 173. The molecular weight excluding hydrogens is 122 g/mol. The first-order valence-corrected chi connectivity index (χ1v) is 3.21. The second-order valence-electron chi connectivity index (χ2n) is 1.85. The van der Waals surface area contributed by atoms with Crippen LogP contribution in [0.5, 0.6) is 0 Å². The molecule has 1 nitrogen and oxygen atoms in total. The number of aliphatic imine (C=N–C) groups is 1. The van der Waals surface area contributed by atoms with E-state index in [0.29, 0.717) is 0 Å². The average molecular weight is 135 g/mol. The van der Waals surface area contributed by atoms with Gasteiger partial charge in [-0.05, 0) is 12.5 Å². The van der Waals surface area contributed by atoms with E-state index < -0.39 is 0 Å². The first-order valence-electron chi connectivity index (χ1n) is 3.21. The van der Waals surface area contributed by atoms with Crippen LogP contribution >= 0.6 is 0 Å². The second kappa shape index (κ2) is 6.02. The molecule has 0 amide bonds. The maximum Gasteiger partial charge on any atom is 0.0277 e. The van der Waals surface area contributed by atoms with Crippen LogP contribution in [0.4, 0.5) is 0 Å². The summed E-state index contributed by atoms with van der Waals surface area (Å²) >= 11 is 0. The monoisotopic (exact) mass is 135 g/mol. The van der Waals surface area contributed by atoms with Gasteiger partial charge in [0.1, 0.15) is 0 Å². The Morgan fingerprint density at radius 1 is 1.40 bits per heavy atom. The number of allylic oxidation sites excluding steroid dienone is 5. The lowest BCUT2D eigenvalue weighted by Crippen LogP contribution is -1.73. The molecule has 0 N–H and O–H groups in total. The fourth-order valence-corrected chi connectivity index (χ4v) is 0.499. The molecule has 10 heavy (non-hydrogen) atoms. The molecule has 0 aromatic rings. The van der Waals surface area contributed by atoms with E-state index in [1.807, 2.05) is 31.2 Å². The van der Waals surface area contributed by atoms with Gasteiger partial charge in [-0.3, -0.25) is 4.99 Å². The van der Waals surface area contributed by atoms with E-state index in [4.69, 9.17) is 0 Å². The van der Waals surface area contributed by atoms with E-state index in [1.54, 1.807) is 13.3 Å². The van der Waals surface area contributed by atoms with Gasteiger partial charge in [-0.2, -0.15) is 0 Å². The summed E-state index contributed by atoms with van der Waals surface area (Å²) < 4.78 is 0. The van der Waals surface area contributed by atoms with Gasteiger partial charge in [-0.15, -0.1) is 0 Å². The van der Waals surface area contributed by atoms with Crippen LogP contribution in [0.25, 0.3) is 0 Å². The van der Waals surface area contributed by atoms with Crippen LogP contribution in [0.15, 0.2) is 41.4 Å². The van der Waals surface area contributed by atoms with Crippen LogP contribution in [-0.2, 0) is 0 Å². The van der Waals surface area contributed by atoms with Gasteiger partial charge in [-0.25, -0.2) is 0 Å². The standard InChI is InChI=1S/C9H13N/c1-4-5-6-7-9(2)8-10-3/h4-8H,2H2,1,3H3/b5-4-,7-6-,10-8?. The molecule has 54 valence electrons. The minimum absolute atomic E-state index is 0.917. The number of rotatable bonds is 3. The normalized spacial score (nSPS) is 12.2. The average Bonchev–Trinajstić information content (AvgIpc) is 1.89. The Balaban J connectivity index is 3.78. The van der Waals surface area contributed by atoms with Crippen molar-refractivity contribution in [3.05, 3.63) is 36.5 Å². The van der Waals surface area contributed by atoms with Gasteiger partial charge in [0.2, 0.25) is 0 Å². The molecule has 1 heteroatoms. The maximum atomic E-state index is 3.81. The highest BCUT2D eigenvalue weighted by Gasteiger charge is 1.74. The lowest BCUT2D eigenvalue weighted by atomic mass is 10.3. The van der Waals surface area contributed by atoms with E-state index in [9.17, 15) is 0 Å². The van der Waals surface area contributed by atoms with Gasteiger partial charge >= 0.3 is 0 Å². The summed E-state index contributed by atoms with van der Waals surface area (Å²) in [5, 5.41) is 0. The summed E-state index contributed by atoms with van der Waals surface area (Å²) in [5.41, 5.74) is 0.917. The smallest absolute Gasteiger partial charge is 0.0277 e. The molecule has 0 rings (SSSR count). The lowest BCUT2D eigenvalue weighted by Gasteiger charge is -1.82. The van der Waals surface area contributed by atoms with E-state index in [1.165, 1.54) is 0 Å². The Labute approximate surface area is 62.5 Å². The SMILES string of the molecule is C=C(C=NC)/C=C\C=C/C. The quantitative estimate of drug-likeness (QED) is 0.416. The largest absolute Gasteiger partial charge is 0.296 e. The molecule has 0 radical (unpaired) electrons. The van der Waals surface area contributed by atoms with Crippen LogP contribution in [0.3, 0.4) is 0 Å². The van der Waals surface area contributed by atoms with Gasteiger partial charge in [0.25, 0.3) is 0 Å². The molecule has 0 heterocycles. The zero-order chi connectivity index (χ0) is 7.82. The van der Waals surface area contributed by atoms with Crippen molar-refractivity contribution in [3.8, 4) is 0 Å². The molecule has 0 fully saturated rings. The first-order chi connectivity index (χ1) is 4.81. The van der Waals surface area contributed by atoms with Crippen molar-refractivity contribution in [3.63, 3.8) is 0 Å². The summed E-state index contributed by atoms with van der Waals surface area (Å²) in [4.78, 5) is 3.81. The molecule has 0 aromatic heterocycles. The van der Waals surface area contributed by atoms with Gasteiger partial charge in [-0.1, -0.05) is 30.9 Å². The van der Waals surface area contributed by atoms with Gasteiger partial charge in [0.05, 0.1) is 0 Å². The number of hydrogen-bond acceptors (Lipinski definition) is 1. The van der Waals surface area contributed by atoms with Crippen molar-refractivity contribution < 1.29 is 0 Å². The third kappa shape index (κ3) is 5.04. The third-order valence-corrected chi connectivity index (χ3v) is 0.909. The number of nitrogens with zero attached hydrogens (tertiary/aromatic N) is 1. The fraction of sp³-hybridized carbons (Fsp3) is 0.222. The third-order valence-electron chi connectivity index (χ3n) is 0.909. The van der Waals surface area contributed by atoms with Gasteiger partial charge in [0.15, 0.2) is 0 Å². The maximum absolute atomic E-state index is 3.81. The Kier molecular flexibility index (Phi) is 5.35. The molecule has 0 aliphatic rings. The van der Waals surface area contributed by atoms with E-state index in [0.717, 1.165) is 5.57 Å². The Morgan fingerprint density at radius 2 is 2.10 bits per heavy atom. The molecule has 0 aliphatic heterocycles. The summed E-state index contributed by atoms with van der Waals surface area (Å²) in [5.74, 6) is 0. The van der Waals surface area contributed by atoms with Crippen molar-refractivity contribution in [1.29, 1.82) is 0 Å². The van der Waals surface area contributed by atoms with E-state index in [2.05, 4.69) is 11.6 Å². The second-order valence-corrected chi connectivity index (χ2v) is 1.85. The van der Waals surface area contributed by atoms with Crippen molar-refractivity contribution >= 4 is 6.21 Å². The van der Waals surface area contributed by atoms with Crippen LogP contribution < -0.4 is 0 Å². The zero-order valence-electron chi connectivity index (χ0n) is 6.54. The molecule has 0 atom stereocenters. The summed E-state index contributed by atoms with van der Waals surface area (Å²) in [6, 6.07) is 0. The molecule has 0 unspecified atom stereocenters. The Morgan fingerprint density at radius 3 is 2.60 bits per heavy atom. The summed E-state index contributed by atoms with van der Waals surface area (Å²) in [7, 11) is 1.73. The van der Waals surface area contributed by atoms with Crippen molar-refractivity contribution in [2.75, 3.05) is 7.05 Å². The van der Waals surface area contributed by atoms with Crippen LogP contribution in [0.2, 0.25) is 0 Å². The molecular formula is C9H13N. The molecule has 0 spiro atoms. The van der Waals surface area contributed by atoms with Crippen LogP contribution in [-0.4, -0.2) is 13.3 Å². The summed E-state index contributed by atoms with van der Waals surface area (Å²) in [6.07, 6.45) is 9.48. The van der Waals surface area contributed by atoms with Crippen LogP contribution in [0, 0.1) is 0 Å². The predicted molar refractivity (Wildman–Crippen MR) is 47.5 cm³/mol. The minimum atomic E-state index is 0.917. The number of hydrogen-bond donors (Lipinski definition) is 0. The molecule has 0 aromatic carbocycles. The zero-order valence-corrected chi connectivity index (χ0v) is 6.54. The predicted octanol–water partition coefficient (Wildman–Crippen LogP) is 2.38. The molecule has 0 saturated carbocycles. The molecule has 0 saturated heterocycles. The topological polar surface area (TPSA) is 12.4 Å². The van der Waals surface area contributed by atoms with Crippen molar-refractivity contribution in [1.82, 2.24) is 0 Å². The van der Waals surface area contributed by atoms with Gasteiger partial charge in [0, 0.05) is 13.3 Å². The van der Waals surface area contributed by atoms with E-state index in [-0.39, 0.29) is 0 Å². The lowest BCUT2D eigenvalue weighted by molar-refractivity contribution is 1.47. The highest BCUT2D eigenvalue weighted by molar-refractivity contribution is 5.81. The minimum Gasteiger partial charge on any atom is -0.296 e. The van der Waals surface area contributed by atoms with Crippen LogP contribution in [0.1, 0.15) is 6.92 Å². The highest BCUT2D eigenvalue weighted by Crippen LogP contribution is 1.88. The highest BCUT2D eigenvalue weighted by atomic mass is 14.6. The molecule has 0 bridgehead atoms. The van der Waals surface area contributed by atoms with Crippen molar-refractivity contribution in [2.24, 2.45) is 4.99 Å². The summed E-state index contributed by atoms with van der Waals surface area (Å²) in [6.45, 7) is 5.72. The first kappa shape index (κ1) is 8.89. The molecule has 0 aliphatic carbocycles. The fourth-order valence-electron chi connectivity index (χ4n) is 0.499. The van der Waals surface area contributed by atoms with Gasteiger partial charge < -0.3 is 0 Å². The Hall–Kier alpha value is -1.11. The van der Waals surface area contributed by atoms with Crippen molar-refractivity contribution in [2.45, 2.75) is 6.92 Å². The van der Waals surface area contributed by atoms with E-state index >= 15 is 0 Å².